The van der Waals surface area contributed by atoms with Gasteiger partial charge in [-0.3, -0.25) is 9.59 Å². The molecule has 0 aromatic heterocycles. The standard InChI is InChI=1S/C14H14N2O5/c17-11-6-9-5-8(1-2-10(9)15-11)12(18)16-14(13(19)20)3-4-21-7-14/h1-2,5H,3-4,6-7H2,(H,15,17)(H,16,18)(H,19,20). The number of rotatable bonds is 3. The average Bonchev–Trinajstić information content (AvgIpc) is 3.03. The van der Waals surface area contributed by atoms with E-state index in [9.17, 15) is 19.5 Å². The SMILES string of the molecule is O=C1Cc2cc(C(=O)NC3(C(=O)O)CCOC3)ccc2N1. The van der Waals surface area contributed by atoms with Gasteiger partial charge in [0, 0.05) is 24.3 Å². The minimum absolute atomic E-state index is 0.0426. The van der Waals surface area contributed by atoms with Gasteiger partial charge in [0.15, 0.2) is 5.54 Å². The van der Waals surface area contributed by atoms with Crippen molar-refractivity contribution in [2.45, 2.75) is 18.4 Å². The van der Waals surface area contributed by atoms with Crippen LogP contribution in [0.5, 0.6) is 0 Å². The maximum absolute atomic E-state index is 12.3. The van der Waals surface area contributed by atoms with Crippen molar-refractivity contribution >= 4 is 23.5 Å². The third-order valence-electron chi connectivity index (χ3n) is 3.78. The highest BCUT2D eigenvalue weighted by Crippen LogP contribution is 2.25. The Labute approximate surface area is 120 Å². The molecule has 1 aromatic rings. The first-order chi connectivity index (χ1) is 10.00. The van der Waals surface area contributed by atoms with Gasteiger partial charge in [0.2, 0.25) is 5.91 Å². The summed E-state index contributed by atoms with van der Waals surface area (Å²) in [7, 11) is 0. The van der Waals surface area contributed by atoms with E-state index in [1.165, 1.54) is 0 Å². The van der Waals surface area contributed by atoms with E-state index < -0.39 is 17.4 Å². The molecule has 1 atom stereocenters. The summed E-state index contributed by atoms with van der Waals surface area (Å²) in [5.74, 6) is -1.70. The van der Waals surface area contributed by atoms with Crippen LogP contribution in [0.1, 0.15) is 22.3 Å². The summed E-state index contributed by atoms with van der Waals surface area (Å²) in [5.41, 5.74) is 0.385. The summed E-state index contributed by atoms with van der Waals surface area (Å²) in [4.78, 5) is 34.9. The summed E-state index contributed by atoms with van der Waals surface area (Å²) in [6, 6.07) is 4.81. The molecular formula is C14H14N2O5. The monoisotopic (exact) mass is 290 g/mol. The largest absolute Gasteiger partial charge is 0.479 e. The number of hydrogen-bond donors (Lipinski definition) is 3. The van der Waals surface area contributed by atoms with Crippen LogP contribution in [0, 0.1) is 0 Å². The molecule has 2 amide bonds. The highest BCUT2D eigenvalue weighted by molar-refractivity contribution is 6.02. The van der Waals surface area contributed by atoms with Crippen LogP contribution >= 0.6 is 0 Å². The van der Waals surface area contributed by atoms with Crippen molar-refractivity contribution in [1.82, 2.24) is 5.32 Å². The number of nitrogens with one attached hydrogen (secondary N) is 2. The van der Waals surface area contributed by atoms with Crippen molar-refractivity contribution < 1.29 is 24.2 Å². The molecule has 2 aliphatic rings. The van der Waals surface area contributed by atoms with Crippen LogP contribution < -0.4 is 10.6 Å². The number of carboxylic acids is 1. The number of carbonyl (C=O) groups excluding carboxylic acids is 2. The fourth-order valence-electron chi connectivity index (χ4n) is 2.55. The molecule has 1 unspecified atom stereocenters. The van der Waals surface area contributed by atoms with Crippen molar-refractivity contribution in [3.8, 4) is 0 Å². The van der Waals surface area contributed by atoms with Crippen LogP contribution in [0.2, 0.25) is 0 Å². The Hall–Kier alpha value is -2.41. The maximum atomic E-state index is 12.3. The summed E-state index contributed by atoms with van der Waals surface area (Å²) in [5, 5.41) is 14.5. The second-order valence-corrected chi connectivity index (χ2v) is 5.24. The van der Waals surface area contributed by atoms with E-state index in [1.807, 2.05) is 0 Å². The highest BCUT2D eigenvalue weighted by atomic mass is 16.5. The molecule has 3 N–H and O–H groups in total. The predicted molar refractivity (Wildman–Crippen MR) is 72.0 cm³/mol. The van der Waals surface area contributed by atoms with Crippen LogP contribution in [-0.2, 0) is 20.7 Å². The number of amides is 2. The summed E-state index contributed by atoms with van der Waals surface area (Å²) in [6.07, 6.45) is 0.461. The molecule has 21 heavy (non-hydrogen) atoms. The number of carbonyl (C=O) groups is 3. The molecule has 7 nitrogen and oxygen atoms in total. The van der Waals surface area contributed by atoms with Gasteiger partial charge in [0.25, 0.3) is 5.91 Å². The Morgan fingerprint density at radius 2 is 2.19 bits per heavy atom. The normalized spacial score (nSPS) is 23.5. The van der Waals surface area contributed by atoms with Gasteiger partial charge >= 0.3 is 5.97 Å². The van der Waals surface area contributed by atoms with Gasteiger partial charge in [-0.1, -0.05) is 0 Å². The molecule has 2 aliphatic heterocycles. The lowest BCUT2D eigenvalue weighted by atomic mass is 9.98. The zero-order valence-corrected chi connectivity index (χ0v) is 11.1. The lowest BCUT2D eigenvalue weighted by molar-refractivity contribution is -0.144. The number of fused-ring (bicyclic) bond motifs is 1. The first-order valence-electron chi connectivity index (χ1n) is 6.57. The van der Waals surface area contributed by atoms with Crippen molar-refractivity contribution in [1.29, 1.82) is 0 Å². The zero-order chi connectivity index (χ0) is 15.0. The Morgan fingerprint density at radius 1 is 1.38 bits per heavy atom. The molecule has 0 aliphatic carbocycles. The summed E-state index contributed by atoms with van der Waals surface area (Å²) >= 11 is 0. The smallest absolute Gasteiger partial charge is 0.331 e. The molecule has 0 saturated carbocycles. The van der Waals surface area contributed by atoms with Crippen LogP contribution in [0.3, 0.4) is 0 Å². The van der Waals surface area contributed by atoms with Crippen molar-refractivity contribution in [3.05, 3.63) is 29.3 Å². The molecule has 0 spiro atoms. The van der Waals surface area contributed by atoms with Gasteiger partial charge in [-0.2, -0.15) is 0 Å². The number of ether oxygens (including phenoxy) is 1. The van der Waals surface area contributed by atoms with E-state index >= 15 is 0 Å². The number of carboxylic acid groups (broad SMARTS) is 1. The fraction of sp³-hybridized carbons (Fsp3) is 0.357. The maximum Gasteiger partial charge on any atom is 0.331 e. The summed E-state index contributed by atoms with van der Waals surface area (Å²) < 4.78 is 5.10. The highest BCUT2D eigenvalue weighted by Gasteiger charge is 2.44. The lowest BCUT2D eigenvalue weighted by Gasteiger charge is -2.23. The molecular weight excluding hydrogens is 276 g/mol. The zero-order valence-electron chi connectivity index (χ0n) is 11.1. The summed E-state index contributed by atoms with van der Waals surface area (Å²) in [6.45, 7) is 0.258. The molecule has 3 rings (SSSR count). The van der Waals surface area contributed by atoms with E-state index in [2.05, 4.69) is 10.6 Å². The van der Waals surface area contributed by atoms with Crippen LogP contribution in [-0.4, -0.2) is 41.6 Å². The Balaban J connectivity index is 1.81. The minimum atomic E-state index is -1.37. The Bertz CT molecular complexity index is 634. The third kappa shape index (κ3) is 2.36. The van der Waals surface area contributed by atoms with Crippen molar-refractivity contribution in [2.24, 2.45) is 0 Å². The van der Waals surface area contributed by atoms with E-state index in [1.54, 1.807) is 18.2 Å². The molecule has 0 bridgehead atoms. The lowest BCUT2D eigenvalue weighted by Crippen LogP contribution is -2.55. The molecule has 110 valence electrons. The molecule has 0 radical (unpaired) electrons. The van der Waals surface area contributed by atoms with E-state index in [-0.39, 0.29) is 25.4 Å². The molecule has 2 heterocycles. The molecule has 1 fully saturated rings. The van der Waals surface area contributed by atoms with Gasteiger partial charge < -0.3 is 20.5 Å². The molecule has 7 heteroatoms. The van der Waals surface area contributed by atoms with Crippen molar-refractivity contribution in [3.63, 3.8) is 0 Å². The van der Waals surface area contributed by atoms with E-state index in [0.717, 1.165) is 5.56 Å². The minimum Gasteiger partial charge on any atom is -0.479 e. The third-order valence-corrected chi connectivity index (χ3v) is 3.78. The van der Waals surface area contributed by atoms with Crippen LogP contribution in [0.4, 0.5) is 5.69 Å². The average molecular weight is 290 g/mol. The number of benzene rings is 1. The van der Waals surface area contributed by atoms with Gasteiger partial charge in [0.05, 0.1) is 13.0 Å². The van der Waals surface area contributed by atoms with Gasteiger partial charge in [-0.15, -0.1) is 0 Å². The van der Waals surface area contributed by atoms with Gasteiger partial charge in [-0.25, -0.2) is 4.79 Å². The van der Waals surface area contributed by atoms with Crippen LogP contribution in [0.25, 0.3) is 0 Å². The first kappa shape index (κ1) is 13.6. The predicted octanol–water partition coefficient (Wildman–Crippen LogP) is 0.155. The number of anilines is 1. The van der Waals surface area contributed by atoms with Gasteiger partial charge in [0.1, 0.15) is 0 Å². The first-order valence-corrected chi connectivity index (χ1v) is 6.57. The van der Waals surface area contributed by atoms with E-state index in [0.29, 0.717) is 17.9 Å². The van der Waals surface area contributed by atoms with Crippen molar-refractivity contribution in [2.75, 3.05) is 18.5 Å². The van der Waals surface area contributed by atoms with Gasteiger partial charge in [-0.05, 0) is 23.8 Å². The second-order valence-electron chi connectivity index (χ2n) is 5.24. The Kier molecular flexibility index (Phi) is 3.13. The topological polar surface area (TPSA) is 105 Å². The second kappa shape index (κ2) is 4.85. The molecule has 1 aromatic carbocycles. The number of aliphatic carboxylic acids is 1. The van der Waals surface area contributed by atoms with Crippen LogP contribution in [0.15, 0.2) is 18.2 Å². The Morgan fingerprint density at radius 3 is 2.86 bits per heavy atom. The molecule has 1 saturated heterocycles. The quantitative estimate of drug-likeness (QED) is 0.735. The number of hydrogen-bond acceptors (Lipinski definition) is 4. The van der Waals surface area contributed by atoms with E-state index in [4.69, 9.17) is 4.74 Å². The fourth-order valence-corrected chi connectivity index (χ4v) is 2.55.